The van der Waals surface area contributed by atoms with Crippen molar-refractivity contribution in [3.63, 3.8) is 0 Å². The highest BCUT2D eigenvalue weighted by Gasteiger charge is 2.40. The molecule has 9 nitrogen and oxygen atoms in total. The number of nitrogens with zero attached hydrogens (tertiary/aromatic N) is 1. The lowest BCUT2D eigenvalue weighted by atomic mass is 10.1. The highest BCUT2D eigenvalue weighted by molar-refractivity contribution is 7.89. The van der Waals surface area contributed by atoms with Crippen LogP contribution in [0.25, 0.3) is 0 Å². The molecule has 0 aromatic heterocycles. The van der Waals surface area contributed by atoms with Crippen molar-refractivity contribution in [2.45, 2.75) is 57.0 Å². The van der Waals surface area contributed by atoms with E-state index in [1.165, 1.54) is 12.1 Å². The summed E-state index contributed by atoms with van der Waals surface area (Å²) in [6, 6.07) is 4.65. The van der Waals surface area contributed by atoms with Gasteiger partial charge in [0.1, 0.15) is 6.04 Å². The highest BCUT2D eigenvalue weighted by atomic mass is 32.2. The molecule has 1 fully saturated rings. The van der Waals surface area contributed by atoms with Crippen molar-refractivity contribution in [2.75, 3.05) is 13.2 Å². The Morgan fingerprint density at radius 1 is 1.17 bits per heavy atom. The van der Waals surface area contributed by atoms with E-state index in [0.717, 1.165) is 9.87 Å². The molecule has 0 saturated carbocycles. The van der Waals surface area contributed by atoms with E-state index < -0.39 is 46.1 Å². The van der Waals surface area contributed by atoms with Crippen molar-refractivity contribution in [1.29, 1.82) is 0 Å². The molecule has 0 unspecified atom stereocenters. The van der Waals surface area contributed by atoms with Crippen molar-refractivity contribution in [3.05, 3.63) is 29.8 Å². The summed E-state index contributed by atoms with van der Waals surface area (Å²) in [6.07, 6.45) is 0.807. The van der Waals surface area contributed by atoms with Gasteiger partial charge in [-0.25, -0.2) is 13.2 Å². The lowest BCUT2D eigenvalue weighted by Gasteiger charge is -2.23. The topological polar surface area (TPSA) is 122 Å². The Morgan fingerprint density at radius 2 is 1.79 bits per heavy atom. The lowest BCUT2D eigenvalue weighted by molar-refractivity contribution is -0.151. The molecular formula is C19H27N3O6S. The first-order valence-corrected chi connectivity index (χ1v) is 10.7. The number of carbonyl (C=O) groups excluding carboxylic acids is 3. The van der Waals surface area contributed by atoms with Gasteiger partial charge in [-0.1, -0.05) is 17.7 Å². The maximum Gasteiger partial charge on any atom is 0.324 e. The lowest BCUT2D eigenvalue weighted by Crippen LogP contribution is -2.49. The first kappa shape index (κ1) is 22.8. The highest BCUT2D eigenvalue weighted by Crippen LogP contribution is 2.27. The summed E-state index contributed by atoms with van der Waals surface area (Å²) in [5.74, 6) is -1.62. The summed E-state index contributed by atoms with van der Waals surface area (Å²) in [6.45, 7) is 6.61. The van der Waals surface area contributed by atoms with Gasteiger partial charge >= 0.3 is 12.0 Å². The van der Waals surface area contributed by atoms with E-state index in [4.69, 9.17) is 4.74 Å². The standard InChI is InChI=1S/C19H27N3O6S/c1-13-7-9-14(10-8-13)29(26,27)22-11-5-6-15(22)17(24)28-12-16(23)20-18(25)21-19(2,3)4/h7-10,15H,5-6,11-12H2,1-4H3,(H2,20,21,23,25)/t15-/m0/s1. The molecule has 2 rings (SSSR count). The van der Waals surface area contributed by atoms with Crippen LogP contribution in [0.2, 0.25) is 0 Å². The van der Waals surface area contributed by atoms with Crippen LogP contribution in [-0.4, -0.2) is 55.4 Å². The molecule has 1 aliphatic rings. The van der Waals surface area contributed by atoms with E-state index in [9.17, 15) is 22.8 Å². The van der Waals surface area contributed by atoms with E-state index in [1.807, 2.05) is 6.92 Å². The Labute approximate surface area is 170 Å². The molecule has 1 aliphatic heterocycles. The monoisotopic (exact) mass is 425 g/mol. The van der Waals surface area contributed by atoms with Gasteiger partial charge in [0.2, 0.25) is 10.0 Å². The van der Waals surface area contributed by atoms with Crippen LogP contribution < -0.4 is 10.6 Å². The van der Waals surface area contributed by atoms with Crippen molar-refractivity contribution in [2.24, 2.45) is 0 Å². The Hall–Kier alpha value is -2.46. The van der Waals surface area contributed by atoms with Crippen molar-refractivity contribution in [3.8, 4) is 0 Å². The van der Waals surface area contributed by atoms with E-state index >= 15 is 0 Å². The fourth-order valence-electron chi connectivity index (χ4n) is 2.88. The SMILES string of the molecule is Cc1ccc(S(=O)(=O)N2CCC[C@H]2C(=O)OCC(=O)NC(=O)NC(C)(C)C)cc1. The predicted molar refractivity (Wildman–Crippen MR) is 105 cm³/mol. The molecule has 1 saturated heterocycles. The van der Waals surface area contributed by atoms with Crippen LogP contribution in [0.3, 0.4) is 0 Å². The zero-order valence-corrected chi connectivity index (χ0v) is 17.8. The summed E-state index contributed by atoms with van der Waals surface area (Å²) < 4.78 is 31.8. The fourth-order valence-corrected chi connectivity index (χ4v) is 4.52. The molecule has 1 aromatic carbocycles. The van der Waals surface area contributed by atoms with Crippen LogP contribution in [0, 0.1) is 6.92 Å². The van der Waals surface area contributed by atoms with Gasteiger partial charge in [-0.15, -0.1) is 0 Å². The molecular weight excluding hydrogens is 398 g/mol. The zero-order chi connectivity index (χ0) is 21.8. The molecule has 0 bridgehead atoms. The van der Waals surface area contributed by atoms with Crippen molar-refractivity contribution >= 4 is 27.9 Å². The average molecular weight is 426 g/mol. The average Bonchev–Trinajstić information content (AvgIpc) is 3.09. The van der Waals surface area contributed by atoms with Crippen LogP contribution in [0.4, 0.5) is 4.79 Å². The molecule has 10 heteroatoms. The number of carbonyl (C=O) groups is 3. The summed E-state index contributed by atoms with van der Waals surface area (Å²) >= 11 is 0. The second-order valence-corrected chi connectivity index (χ2v) is 9.84. The number of hydrogen-bond donors (Lipinski definition) is 2. The molecule has 2 N–H and O–H groups in total. The third-order valence-electron chi connectivity index (χ3n) is 4.19. The Kier molecular flexibility index (Phi) is 7.02. The van der Waals surface area contributed by atoms with Gasteiger partial charge in [0.05, 0.1) is 4.90 Å². The van der Waals surface area contributed by atoms with Gasteiger partial charge in [-0.3, -0.25) is 14.9 Å². The number of aryl methyl sites for hydroxylation is 1. The molecule has 3 amide bonds. The molecule has 29 heavy (non-hydrogen) atoms. The number of sulfonamides is 1. The zero-order valence-electron chi connectivity index (χ0n) is 17.0. The van der Waals surface area contributed by atoms with E-state index in [0.29, 0.717) is 12.8 Å². The Bertz CT molecular complexity index is 874. The number of rotatable bonds is 5. The van der Waals surface area contributed by atoms with Gasteiger partial charge < -0.3 is 10.1 Å². The minimum atomic E-state index is -3.86. The van der Waals surface area contributed by atoms with E-state index in [1.54, 1.807) is 32.9 Å². The van der Waals surface area contributed by atoms with E-state index in [-0.39, 0.29) is 11.4 Å². The van der Waals surface area contributed by atoms with Gasteiger partial charge in [-0.2, -0.15) is 4.31 Å². The van der Waals surface area contributed by atoms with Gasteiger partial charge in [-0.05, 0) is 52.7 Å². The van der Waals surface area contributed by atoms with Crippen molar-refractivity contribution in [1.82, 2.24) is 14.9 Å². The third kappa shape index (κ3) is 6.26. The number of ether oxygens (including phenoxy) is 1. The molecule has 0 radical (unpaired) electrons. The van der Waals surface area contributed by atoms with Crippen molar-refractivity contribution < 1.29 is 27.5 Å². The minimum absolute atomic E-state index is 0.0967. The first-order valence-electron chi connectivity index (χ1n) is 9.27. The Morgan fingerprint density at radius 3 is 2.38 bits per heavy atom. The van der Waals surface area contributed by atoms with Crippen LogP contribution in [0.15, 0.2) is 29.2 Å². The normalized spacial score (nSPS) is 17.6. The smallest absolute Gasteiger partial charge is 0.324 e. The molecule has 160 valence electrons. The van der Waals surface area contributed by atoms with Crippen LogP contribution in [0.5, 0.6) is 0 Å². The Balaban J connectivity index is 1.97. The second-order valence-electron chi connectivity index (χ2n) is 7.95. The molecule has 1 heterocycles. The van der Waals surface area contributed by atoms with E-state index in [2.05, 4.69) is 10.6 Å². The van der Waals surface area contributed by atoms with Crippen LogP contribution in [-0.2, 0) is 24.3 Å². The molecule has 0 spiro atoms. The molecule has 0 aliphatic carbocycles. The predicted octanol–water partition coefficient (Wildman–Crippen LogP) is 1.32. The largest absolute Gasteiger partial charge is 0.454 e. The number of benzene rings is 1. The summed E-state index contributed by atoms with van der Waals surface area (Å²) in [7, 11) is -3.86. The number of imide groups is 1. The minimum Gasteiger partial charge on any atom is -0.454 e. The third-order valence-corrected chi connectivity index (χ3v) is 6.11. The van der Waals surface area contributed by atoms with Crippen LogP contribution in [0.1, 0.15) is 39.2 Å². The number of hydrogen-bond acceptors (Lipinski definition) is 6. The number of esters is 1. The second kappa shape index (κ2) is 8.91. The number of nitrogens with one attached hydrogen (secondary N) is 2. The summed E-state index contributed by atoms with van der Waals surface area (Å²) in [4.78, 5) is 36.0. The molecule has 1 atom stereocenters. The van der Waals surface area contributed by atoms with Crippen LogP contribution >= 0.6 is 0 Å². The number of urea groups is 1. The first-order chi connectivity index (χ1) is 13.4. The van der Waals surface area contributed by atoms with Gasteiger partial charge in [0.15, 0.2) is 6.61 Å². The summed E-state index contributed by atoms with van der Waals surface area (Å²) in [5.41, 5.74) is 0.387. The molecule has 1 aromatic rings. The maximum absolute atomic E-state index is 12.9. The maximum atomic E-state index is 12.9. The summed E-state index contributed by atoms with van der Waals surface area (Å²) in [5, 5.41) is 4.60. The quantitative estimate of drug-likeness (QED) is 0.686. The van der Waals surface area contributed by atoms with Gasteiger partial charge in [0, 0.05) is 12.1 Å². The fraction of sp³-hybridized carbons (Fsp3) is 0.526. The van der Waals surface area contributed by atoms with Gasteiger partial charge in [0.25, 0.3) is 5.91 Å². The number of amides is 3.